The van der Waals surface area contributed by atoms with Gasteiger partial charge in [0.15, 0.2) is 5.58 Å². The van der Waals surface area contributed by atoms with Crippen molar-refractivity contribution < 1.29 is 17.6 Å². The second-order valence-electron chi connectivity index (χ2n) is 8.39. The Morgan fingerprint density at radius 3 is 2.77 bits per heavy atom. The highest BCUT2D eigenvalue weighted by Crippen LogP contribution is 2.29. The number of thioether (sulfide) groups is 1. The molecule has 2 aromatic rings. The lowest BCUT2D eigenvalue weighted by Gasteiger charge is -2.35. The maximum Gasteiger partial charge on any atom is 0.419 e. The second kappa shape index (κ2) is 9.79. The van der Waals surface area contributed by atoms with Crippen LogP contribution in [0, 0.1) is 11.8 Å². The fourth-order valence-electron chi connectivity index (χ4n) is 4.08. The van der Waals surface area contributed by atoms with Gasteiger partial charge in [0.05, 0.1) is 10.4 Å². The first-order chi connectivity index (χ1) is 14.6. The van der Waals surface area contributed by atoms with Gasteiger partial charge in [0.1, 0.15) is 6.04 Å². The predicted molar refractivity (Wildman–Crippen MR) is 123 cm³/mol. The van der Waals surface area contributed by atoms with Gasteiger partial charge in [-0.2, -0.15) is 16.5 Å². The Kier molecular flexibility index (Phi) is 7.54. The molecule has 10 heteroatoms. The summed E-state index contributed by atoms with van der Waals surface area (Å²) in [4.78, 5) is 24.7. The highest BCUT2D eigenvalue weighted by molar-refractivity contribution is 7.98. The fraction of sp³-hybridized carbons (Fsp3) is 0.619. The molecule has 0 spiro atoms. The minimum absolute atomic E-state index is 0.0454. The average Bonchev–Trinajstić information content (AvgIpc) is 3.01. The lowest BCUT2D eigenvalue weighted by Crippen LogP contribution is -2.52. The summed E-state index contributed by atoms with van der Waals surface area (Å²) in [5.41, 5.74) is 0.687. The molecule has 1 amide bonds. The smallest absolute Gasteiger partial charge is 0.408 e. The molecule has 2 N–H and O–H groups in total. The molecular weight excluding hydrogens is 438 g/mol. The maximum absolute atomic E-state index is 13.0. The van der Waals surface area contributed by atoms with E-state index in [1.165, 1.54) is 22.8 Å². The van der Waals surface area contributed by atoms with E-state index in [0.29, 0.717) is 29.5 Å². The van der Waals surface area contributed by atoms with Crippen molar-refractivity contribution in [2.24, 2.45) is 18.9 Å². The van der Waals surface area contributed by atoms with Gasteiger partial charge >= 0.3 is 5.76 Å². The van der Waals surface area contributed by atoms with Crippen LogP contribution in [0.3, 0.4) is 0 Å². The number of oxazole rings is 1. The van der Waals surface area contributed by atoms with Crippen LogP contribution in [0.4, 0.5) is 0 Å². The van der Waals surface area contributed by atoms with Crippen molar-refractivity contribution in [1.82, 2.24) is 14.6 Å². The number of benzene rings is 1. The van der Waals surface area contributed by atoms with Crippen LogP contribution in [0.25, 0.3) is 11.1 Å². The molecule has 0 unspecified atom stereocenters. The number of nitrogens with one attached hydrogen (secondary N) is 2. The van der Waals surface area contributed by atoms with Crippen LogP contribution in [0.15, 0.2) is 32.3 Å². The molecule has 8 nitrogen and oxygen atoms in total. The van der Waals surface area contributed by atoms with Crippen LogP contribution in [-0.2, 0) is 21.9 Å². The molecule has 1 aliphatic rings. The summed E-state index contributed by atoms with van der Waals surface area (Å²) < 4.78 is 35.0. The molecule has 172 valence electrons. The summed E-state index contributed by atoms with van der Waals surface area (Å²) in [7, 11) is -2.43. The van der Waals surface area contributed by atoms with E-state index in [2.05, 4.69) is 23.9 Å². The summed E-state index contributed by atoms with van der Waals surface area (Å²) in [5, 5.41) is 3.08. The number of aryl methyl sites for hydroxylation is 1. The zero-order valence-corrected chi connectivity index (χ0v) is 20.0. The molecule has 1 fully saturated rings. The first-order valence-corrected chi connectivity index (χ1v) is 13.4. The van der Waals surface area contributed by atoms with E-state index >= 15 is 0 Å². The largest absolute Gasteiger partial charge is 0.419 e. The first kappa shape index (κ1) is 23.9. The zero-order chi connectivity index (χ0) is 22.8. The van der Waals surface area contributed by atoms with Crippen molar-refractivity contribution in [1.29, 1.82) is 0 Å². The normalized spacial score (nSPS) is 23.0. The maximum atomic E-state index is 13.0. The van der Waals surface area contributed by atoms with E-state index in [1.807, 2.05) is 6.26 Å². The number of rotatable bonds is 8. The van der Waals surface area contributed by atoms with E-state index in [4.69, 9.17) is 4.42 Å². The van der Waals surface area contributed by atoms with Crippen LogP contribution in [-0.4, -0.2) is 43.0 Å². The summed E-state index contributed by atoms with van der Waals surface area (Å²) in [6.07, 6.45) is 5.41. The highest BCUT2D eigenvalue weighted by atomic mass is 32.2. The molecule has 0 saturated heterocycles. The molecule has 1 saturated carbocycles. The van der Waals surface area contributed by atoms with Crippen LogP contribution in [0.1, 0.15) is 39.5 Å². The molecule has 31 heavy (non-hydrogen) atoms. The Labute approximate surface area is 187 Å². The van der Waals surface area contributed by atoms with Gasteiger partial charge in [-0.05, 0) is 48.8 Å². The van der Waals surface area contributed by atoms with Crippen LogP contribution >= 0.6 is 11.8 Å². The Morgan fingerprint density at radius 1 is 1.32 bits per heavy atom. The lowest BCUT2D eigenvalue weighted by molar-refractivity contribution is -0.124. The predicted octanol–water partition coefficient (Wildman–Crippen LogP) is 2.47. The lowest BCUT2D eigenvalue weighted by atomic mass is 9.78. The number of fused-ring (bicyclic) bond motifs is 1. The summed E-state index contributed by atoms with van der Waals surface area (Å²) >= 11 is 1.56. The Balaban J connectivity index is 1.80. The third-order valence-corrected chi connectivity index (χ3v) is 8.45. The minimum Gasteiger partial charge on any atom is -0.408 e. The van der Waals surface area contributed by atoms with Crippen LogP contribution < -0.4 is 15.8 Å². The van der Waals surface area contributed by atoms with Gasteiger partial charge in [-0.25, -0.2) is 13.2 Å². The van der Waals surface area contributed by atoms with Crippen molar-refractivity contribution in [3.63, 3.8) is 0 Å². The monoisotopic (exact) mass is 469 g/mol. The Morgan fingerprint density at radius 2 is 2.06 bits per heavy atom. The summed E-state index contributed by atoms with van der Waals surface area (Å²) in [6.45, 7) is 4.33. The van der Waals surface area contributed by atoms with Gasteiger partial charge in [-0.15, -0.1) is 0 Å². The Hall–Kier alpha value is -1.78. The molecule has 0 radical (unpaired) electrons. The van der Waals surface area contributed by atoms with Gasteiger partial charge in [0.25, 0.3) is 0 Å². The standard InChI is InChI=1S/C21H31N3O5S2/c1-13-6-5-7-16(14(13)2)22-20(25)17(10-11-30-4)23-31(27,28)15-8-9-18-19(12-15)29-21(26)24(18)3/h8-9,12-14,16-17,23H,5-7,10-11H2,1-4H3,(H,22,25)/t13-,14-,16-,17+/m1/s1. The number of hydrogen-bond acceptors (Lipinski definition) is 6. The average molecular weight is 470 g/mol. The quantitative estimate of drug-likeness (QED) is 0.615. The van der Waals surface area contributed by atoms with E-state index in [-0.39, 0.29) is 22.4 Å². The van der Waals surface area contributed by atoms with Crippen molar-refractivity contribution in [2.75, 3.05) is 12.0 Å². The van der Waals surface area contributed by atoms with Gasteiger partial charge in [0.2, 0.25) is 15.9 Å². The highest BCUT2D eigenvalue weighted by Gasteiger charge is 2.32. The molecular formula is C21H31N3O5S2. The number of amides is 1. The van der Waals surface area contributed by atoms with E-state index in [9.17, 15) is 18.0 Å². The second-order valence-corrected chi connectivity index (χ2v) is 11.1. The third-order valence-electron chi connectivity index (χ3n) is 6.33. The number of hydrogen-bond donors (Lipinski definition) is 2. The SMILES string of the molecule is CSCC[C@H](NS(=O)(=O)c1ccc2c(c1)oc(=O)n2C)C(=O)N[C@@H]1CCC[C@@H](C)[C@H]1C. The molecule has 0 bridgehead atoms. The summed E-state index contributed by atoms with van der Waals surface area (Å²) in [6, 6.07) is 3.42. The number of sulfonamides is 1. The third kappa shape index (κ3) is 5.35. The van der Waals surface area contributed by atoms with Crippen molar-refractivity contribution in [3.05, 3.63) is 28.7 Å². The minimum atomic E-state index is -3.99. The van der Waals surface area contributed by atoms with Gasteiger partial charge in [-0.1, -0.05) is 26.7 Å². The van der Waals surface area contributed by atoms with E-state index < -0.39 is 21.8 Å². The van der Waals surface area contributed by atoms with Crippen molar-refractivity contribution in [3.8, 4) is 0 Å². The number of nitrogens with zero attached hydrogens (tertiary/aromatic N) is 1. The topological polar surface area (TPSA) is 110 Å². The van der Waals surface area contributed by atoms with Gasteiger partial charge in [0, 0.05) is 19.2 Å². The van der Waals surface area contributed by atoms with Crippen LogP contribution in [0.2, 0.25) is 0 Å². The van der Waals surface area contributed by atoms with Crippen molar-refractivity contribution in [2.45, 2.75) is 56.5 Å². The van der Waals surface area contributed by atoms with Crippen LogP contribution in [0.5, 0.6) is 0 Å². The van der Waals surface area contributed by atoms with E-state index in [0.717, 1.165) is 19.3 Å². The molecule has 1 aromatic carbocycles. The Bertz CT molecular complexity index is 1090. The first-order valence-electron chi connectivity index (χ1n) is 10.5. The molecule has 1 aliphatic carbocycles. The molecule has 0 aliphatic heterocycles. The fourth-order valence-corrected chi connectivity index (χ4v) is 5.80. The molecule has 3 rings (SSSR count). The zero-order valence-electron chi connectivity index (χ0n) is 18.4. The molecule has 4 atom stereocenters. The number of carbonyl (C=O) groups excluding carboxylic acids is 1. The molecule has 1 aromatic heterocycles. The van der Waals surface area contributed by atoms with Gasteiger partial charge < -0.3 is 9.73 Å². The summed E-state index contributed by atoms with van der Waals surface area (Å²) in [5.74, 6) is 0.650. The molecule has 1 heterocycles. The van der Waals surface area contributed by atoms with Crippen molar-refractivity contribution >= 4 is 38.8 Å². The van der Waals surface area contributed by atoms with E-state index in [1.54, 1.807) is 18.8 Å². The number of aromatic nitrogens is 1. The van der Waals surface area contributed by atoms with Gasteiger partial charge in [-0.3, -0.25) is 9.36 Å². The number of carbonyl (C=O) groups is 1.